The first-order chi connectivity index (χ1) is 15.6. The molecule has 2 fully saturated rings. The van der Waals surface area contributed by atoms with Crippen molar-refractivity contribution in [2.75, 3.05) is 56.2 Å². The molecule has 0 bridgehead atoms. The van der Waals surface area contributed by atoms with Crippen LogP contribution in [0, 0.1) is 10.1 Å². The third kappa shape index (κ3) is 4.64. The van der Waals surface area contributed by atoms with Crippen molar-refractivity contribution in [1.29, 1.82) is 0 Å². The zero-order chi connectivity index (χ0) is 22.5. The van der Waals surface area contributed by atoms with Crippen LogP contribution in [-0.4, -0.2) is 62.1 Å². The van der Waals surface area contributed by atoms with Gasteiger partial charge in [-0.2, -0.15) is 0 Å². The maximum Gasteiger partial charge on any atom is 0.293 e. The number of benzene rings is 2. The lowest BCUT2D eigenvalue weighted by Crippen LogP contribution is -2.48. The van der Waals surface area contributed by atoms with Crippen LogP contribution in [0.15, 0.2) is 42.5 Å². The molecular weight excluding hydrogens is 408 g/mol. The third-order valence-electron chi connectivity index (χ3n) is 6.36. The number of piperazine rings is 1. The Morgan fingerprint density at radius 1 is 0.875 bits per heavy atom. The molecule has 2 heterocycles. The molecule has 0 N–H and O–H groups in total. The molecule has 170 valence electrons. The molecule has 0 saturated carbocycles. The van der Waals surface area contributed by atoms with Gasteiger partial charge in [0.2, 0.25) is 0 Å². The highest BCUT2D eigenvalue weighted by atomic mass is 16.6. The molecule has 0 unspecified atom stereocenters. The van der Waals surface area contributed by atoms with Crippen LogP contribution in [-0.2, 0) is 0 Å². The van der Waals surface area contributed by atoms with Gasteiger partial charge >= 0.3 is 0 Å². The molecule has 1 amide bonds. The van der Waals surface area contributed by atoms with Crippen molar-refractivity contribution in [3.63, 3.8) is 0 Å². The summed E-state index contributed by atoms with van der Waals surface area (Å²) in [6, 6.07) is 12.8. The molecule has 2 aromatic rings. The van der Waals surface area contributed by atoms with Crippen LogP contribution in [0.25, 0.3) is 0 Å². The van der Waals surface area contributed by atoms with E-state index in [4.69, 9.17) is 4.74 Å². The summed E-state index contributed by atoms with van der Waals surface area (Å²) in [5.74, 6) is 0.655. The molecule has 0 spiro atoms. The zero-order valence-corrected chi connectivity index (χ0v) is 18.5. The number of carbonyl (C=O) groups excluding carboxylic acids is 1. The van der Waals surface area contributed by atoms with Crippen LogP contribution in [0.1, 0.15) is 36.0 Å². The fraction of sp³-hybridized carbons (Fsp3) is 0.458. The van der Waals surface area contributed by atoms with E-state index in [1.54, 1.807) is 24.1 Å². The van der Waals surface area contributed by atoms with E-state index < -0.39 is 0 Å². The lowest BCUT2D eigenvalue weighted by molar-refractivity contribution is -0.384. The summed E-state index contributed by atoms with van der Waals surface area (Å²) in [4.78, 5) is 30.6. The minimum Gasteiger partial charge on any atom is -0.495 e. The van der Waals surface area contributed by atoms with E-state index in [0.717, 1.165) is 50.2 Å². The number of methoxy groups -OCH3 is 1. The summed E-state index contributed by atoms with van der Waals surface area (Å²) in [6.45, 7) is 4.11. The molecule has 2 aromatic carbocycles. The lowest BCUT2D eigenvalue weighted by atomic mass is 10.1. The van der Waals surface area contributed by atoms with Crippen molar-refractivity contribution in [3.8, 4) is 5.75 Å². The average molecular weight is 439 g/mol. The molecule has 0 aliphatic carbocycles. The number of para-hydroxylation sites is 2. The molecule has 8 heteroatoms. The van der Waals surface area contributed by atoms with Gasteiger partial charge in [-0.05, 0) is 37.1 Å². The van der Waals surface area contributed by atoms with Crippen LogP contribution >= 0.6 is 0 Å². The Balaban J connectivity index is 1.47. The van der Waals surface area contributed by atoms with E-state index in [0.29, 0.717) is 37.4 Å². The molecule has 32 heavy (non-hydrogen) atoms. The maximum absolute atomic E-state index is 13.1. The van der Waals surface area contributed by atoms with Crippen molar-refractivity contribution < 1.29 is 14.5 Å². The van der Waals surface area contributed by atoms with E-state index in [9.17, 15) is 14.9 Å². The number of nitro benzene ring substituents is 1. The second kappa shape index (κ2) is 9.89. The van der Waals surface area contributed by atoms with Crippen molar-refractivity contribution in [2.24, 2.45) is 0 Å². The molecule has 2 aliphatic heterocycles. The number of ether oxygens (including phenoxy) is 1. The van der Waals surface area contributed by atoms with Gasteiger partial charge in [-0.25, -0.2) is 0 Å². The normalized spacial score (nSPS) is 17.1. The van der Waals surface area contributed by atoms with Crippen LogP contribution in [0.4, 0.5) is 17.1 Å². The highest BCUT2D eigenvalue weighted by molar-refractivity contribution is 5.96. The highest BCUT2D eigenvalue weighted by Gasteiger charge is 2.27. The number of carbonyl (C=O) groups is 1. The van der Waals surface area contributed by atoms with Gasteiger partial charge < -0.3 is 19.4 Å². The standard InChI is InChI=1S/C24H30N4O4/c1-32-23-9-5-4-8-21(23)26-14-16-27(17-15-26)24(29)19-10-11-20(22(18-19)28(30)31)25-12-6-2-3-7-13-25/h4-5,8-11,18H,2-3,6-7,12-17H2,1H3. The smallest absolute Gasteiger partial charge is 0.293 e. The molecule has 0 atom stereocenters. The summed E-state index contributed by atoms with van der Waals surface area (Å²) in [5.41, 5.74) is 2.03. The largest absolute Gasteiger partial charge is 0.495 e. The van der Waals surface area contributed by atoms with E-state index in [-0.39, 0.29) is 16.5 Å². The minimum absolute atomic E-state index is 0.0189. The monoisotopic (exact) mass is 438 g/mol. The molecule has 4 rings (SSSR count). The molecule has 2 aliphatic rings. The van der Waals surface area contributed by atoms with Crippen molar-refractivity contribution in [3.05, 3.63) is 58.1 Å². The maximum atomic E-state index is 13.1. The Bertz CT molecular complexity index is 964. The first-order valence-electron chi connectivity index (χ1n) is 11.3. The predicted molar refractivity (Wildman–Crippen MR) is 125 cm³/mol. The molecular formula is C24H30N4O4. The first kappa shape index (κ1) is 21.9. The van der Waals surface area contributed by atoms with E-state index in [2.05, 4.69) is 9.80 Å². The molecule has 0 aromatic heterocycles. The van der Waals surface area contributed by atoms with Gasteiger partial charge in [0, 0.05) is 50.9 Å². The lowest BCUT2D eigenvalue weighted by Gasteiger charge is -2.36. The second-order valence-electron chi connectivity index (χ2n) is 8.31. The fourth-order valence-electron chi connectivity index (χ4n) is 4.61. The first-order valence-corrected chi connectivity index (χ1v) is 11.3. The zero-order valence-electron chi connectivity index (χ0n) is 18.5. The van der Waals surface area contributed by atoms with E-state index in [1.165, 1.54) is 6.07 Å². The predicted octanol–water partition coefficient (Wildman–Crippen LogP) is 3.95. The number of amides is 1. The Labute approximate surface area is 188 Å². The van der Waals surface area contributed by atoms with Gasteiger partial charge in [0.25, 0.3) is 11.6 Å². The van der Waals surface area contributed by atoms with E-state index >= 15 is 0 Å². The van der Waals surface area contributed by atoms with Gasteiger partial charge in [-0.3, -0.25) is 14.9 Å². The van der Waals surface area contributed by atoms with E-state index in [1.807, 2.05) is 24.3 Å². The number of rotatable bonds is 5. The Morgan fingerprint density at radius 3 is 2.19 bits per heavy atom. The number of hydrogen-bond acceptors (Lipinski definition) is 6. The van der Waals surface area contributed by atoms with Crippen LogP contribution in [0.3, 0.4) is 0 Å². The minimum atomic E-state index is -0.364. The molecule has 2 saturated heterocycles. The van der Waals surface area contributed by atoms with Crippen molar-refractivity contribution >= 4 is 23.0 Å². The summed E-state index contributed by atoms with van der Waals surface area (Å²) in [6.07, 6.45) is 4.38. The summed E-state index contributed by atoms with van der Waals surface area (Å²) < 4.78 is 5.46. The highest BCUT2D eigenvalue weighted by Crippen LogP contribution is 2.32. The molecule has 0 radical (unpaired) electrons. The van der Waals surface area contributed by atoms with Crippen molar-refractivity contribution in [1.82, 2.24) is 4.90 Å². The summed E-state index contributed by atoms with van der Waals surface area (Å²) >= 11 is 0. The number of hydrogen-bond donors (Lipinski definition) is 0. The Kier molecular flexibility index (Phi) is 6.78. The second-order valence-corrected chi connectivity index (χ2v) is 8.31. The van der Waals surface area contributed by atoms with Gasteiger partial charge in [0.1, 0.15) is 11.4 Å². The third-order valence-corrected chi connectivity index (χ3v) is 6.36. The summed E-state index contributed by atoms with van der Waals surface area (Å²) in [5, 5.41) is 11.8. The Morgan fingerprint density at radius 2 is 1.53 bits per heavy atom. The van der Waals surface area contributed by atoms with Gasteiger partial charge in [0.15, 0.2) is 0 Å². The van der Waals surface area contributed by atoms with Gasteiger partial charge in [0.05, 0.1) is 17.7 Å². The number of nitro groups is 1. The molecule has 8 nitrogen and oxygen atoms in total. The van der Waals surface area contributed by atoms with Gasteiger partial charge in [-0.1, -0.05) is 25.0 Å². The van der Waals surface area contributed by atoms with Crippen LogP contribution < -0.4 is 14.5 Å². The average Bonchev–Trinajstić information content (AvgIpc) is 3.13. The topological polar surface area (TPSA) is 79.2 Å². The van der Waals surface area contributed by atoms with Crippen LogP contribution in [0.2, 0.25) is 0 Å². The van der Waals surface area contributed by atoms with Crippen LogP contribution in [0.5, 0.6) is 5.75 Å². The van der Waals surface area contributed by atoms with Gasteiger partial charge in [-0.15, -0.1) is 0 Å². The Hall–Kier alpha value is -3.29. The quantitative estimate of drug-likeness (QED) is 0.520. The number of nitrogens with zero attached hydrogens (tertiary/aromatic N) is 4. The SMILES string of the molecule is COc1ccccc1N1CCN(C(=O)c2ccc(N3CCCCCC3)c([N+](=O)[O-])c2)CC1. The van der Waals surface area contributed by atoms with Crippen molar-refractivity contribution in [2.45, 2.75) is 25.7 Å². The number of anilines is 2. The summed E-state index contributed by atoms with van der Waals surface area (Å²) in [7, 11) is 1.65. The fourth-order valence-corrected chi connectivity index (χ4v) is 4.61.